The summed E-state index contributed by atoms with van der Waals surface area (Å²) in [6.45, 7) is 6.26. The lowest BCUT2D eigenvalue weighted by atomic mass is 9.97. The maximum atomic E-state index is 12.7. The molecule has 2 N–H and O–H groups in total. The van der Waals surface area contributed by atoms with Gasteiger partial charge in [-0.15, -0.1) is 0 Å². The van der Waals surface area contributed by atoms with Gasteiger partial charge in [-0.2, -0.15) is 0 Å². The van der Waals surface area contributed by atoms with Gasteiger partial charge in [0.05, 0.1) is 0 Å². The topological polar surface area (TPSA) is 71.3 Å². The van der Waals surface area contributed by atoms with Gasteiger partial charge < -0.3 is 15.1 Å². The van der Waals surface area contributed by atoms with Crippen molar-refractivity contribution in [1.82, 2.24) is 0 Å². The summed E-state index contributed by atoms with van der Waals surface area (Å²) in [4.78, 5) is 25.3. The number of rotatable bonds is 6. The van der Waals surface area contributed by atoms with Gasteiger partial charge in [0.25, 0.3) is 11.8 Å². The monoisotopic (exact) mass is 438 g/mol. The molecule has 0 aliphatic heterocycles. The second-order valence-corrected chi connectivity index (χ2v) is 8.18. The van der Waals surface area contributed by atoms with E-state index in [1.807, 2.05) is 36.4 Å². The van der Waals surface area contributed by atoms with Gasteiger partial charge in [0.2, 0.25) is 0 Å². The molecule has 1 heterocycles. The quantitative estimate of drug-likeness (QED) is 0.371. The number of hydrogen-bond acceptors (Lipinski definition) is 3. The lowest BCUT2D eigenvalue weighted by Crippen LogP contribution is -2.14. The van der Waals surface area contributed by atoms with Crippen LogP contribution in [0.1, 0.15) is 48.9 Å². The van der Waals surface area contributed by atoms with Crippen molar-refractivity contribution in [2.75, 3.05) is 10.6 Å². The van der Waals surface area contributed by atoms with Crippen molar-refractivity contribution in [2.45, 2.75) is 27.2 Å². The van der Waals surface area contributed by atoms with Gasteiger partial charge in [-0.3, -0.25) is 9.59 Å². The smallest absolute Gasteiger partial charge is 0.291 e. The van der Waals surface area contributed by atoms with Gasteiger partial charge in [0.15, 0.2) is 5.76 Å². The number of hydrogen-bond donors (Lipinski definition) is 2. The predicted molar refractivity (Wildman–Crippen MR) is 131 cm³/mol. The molecule has 0 aliphatic rings. The summed E-state index contributed by atoms with van der Waals surface area (Å²) >= 11 is 0. The molecule has 166 valence electrons. The van der Waals surface area contributed by atoms with E-state index in [0.29, 0.717) is 23.4 Å². The molecule has 0 spiro atoms. The van der Waals surface area contributed by atoms with E-state index in [0.717, 1.165) is 5.76 Å². The van der Waals surface area contributed by atoms with Crippen LogP contribution >= 0.6 is 0 Å². The third-order valence-corrected chi connectivity index (χ3v) is 5.49. The number of para-hydroxylation sites is 1. The number of anilines is 2. The van der Waals surface area contributed by atoms with Gasteiger partial charge in [-0.25, -0.2) is 0 Å². The molecule has 33 heavy (non-hydrogen) atoms. The Balaban J connectivity index is 1.44. The highest BCUT2D eigenvalue weighted by molar-refractivity contribution is 6.06. The number of aryl methyl sites for hydroxylation is 3. The average molecular weight is 439 g/mol. The van der Waals surface area contributed by atoms with Crippen LogP contribution in [0.5, 0.6) is 0 Å². The zero-order chi connectivity index (χ0) is 23.4. The van der Waals surface area contributed by atoms with Crippen LogP contribution in [0, 0.1) is 20.8 Å². The minimum absolute atomic E-state index is 0.228. The predicted octanol–water partition coefficient (Wildman–Crippen LogP) is 6.30. The highest BCUT2D eigenvalue weighted by atomic mass is 16.3. The molecule has 5 nitrogen and oxygen atoms in total. The summed E-state index contributed by atoms with van der Waals surface area (Å²) in [5.41, 5.74) is 6.53. The van der Waals surface area contributed by atoms with Crippen molar-refractivity contribution in [1.29, 1.82) is 0 Å². The van der Waals surface area contributed by atoms with Crippen LogP contribution in [0.2, 0.25) is 0 Å². The van der Waals surface area contributed by atoms with Crippen LogP contribution in [0.4, 0.5) is 11.4 Å². The number of amides is 2. The lowest BCUT2D eigenvalue weighted by Gasteiger charge is -2.10. The van der Waals surface area contributed by atoms with E-state index in [4.69, 9.17) is 4.42 Å². The zero-order valence-corrected chi connectivity index (χ0v) is 18.9. The standard InChI is InChI=1S/C28H26N2O3/c1-18-14-19(2)25(20(3)15-18)17-24-12-13-26(33-24)28(32)30-23-11-7-8-21(16-23)27(31)29-22-9-5-4-6-10-22/h4-16H,17H2,1-3H3,(H,29,31)(H,30,32). The molecule has 0 fully saturated rings. The van der Waals surface area contributed by atoms with E-state index in [2.05, 4.69) is 43.5 Å². The molecule has 0 saturated carbocycles. The SMILES string of the molecule is Cc1cc(C)c(Cc2ccc(C(=O)Nc3cccc(C(=O)Nc4ccccc4)c3)o2)c(C)c1. The minimum Gasteiger partial charge on any atom is -0.456 e. The van der Waals surface area contributed by atoms with Crippen LogP contribution in [-0.2, 0) is 6.42 Å². The lowest BCUT2D eigenvalue weighted by molar-refractivity contribution is 0.0992. The Bertz CT molecular complexity index is 1280. The molecule has 0 saturated heterocycles. The molecule has 0 atom stereocenters. The van der Waals surface area contributed by atoms with Gasteiger partial charge >= 0.3 is 0 Å². The van der Waals surface area contributed by atoms with Crippen molar-refractivity contribution in [3.63, 3.8) is 0 Å². The van der Waals surface area contributed by atoms with Crippen LogP contribution in [0.15, 0.2) is 83.3 Å². The second-order valence-electron chi connectivity index (χ2n) is 8.18. The molecule has 3 aromatic carbocycles. The Labute approximate surface area is 193 Å². The summed E-state index contributed by atoms with van der Waals surface area (Å²) in [7, 11) is 0. The summed E-state index contributed by atoms with van der Waals surface area (Å²) in [6.07, 6.45) is 0.625. The molecule has 1 aromatic heterocycles. The largest absolute Gasteiger partial charge is 0.456 e. The summed E-state index contributed by atoms with van der Waals surface area (Å²) in [5.74, 6) is 0.346. The van der Waals surface area contributed by atoms with Crippen molar-refractivity contribution in [3.8, 4) is 0 Å². The molecule has 4 aromatic rings. The van der Waals surface area contributed by atoms with E-state index >= 15 is 0 Å². The van der Waals surface area contributed by atoms with Crippen molar-refractivity contribution >= 4 is 23.2 Å². The Kier molecular flexibility index (Phi) is 6.41. The van der Waals surface area contributed by atoms with Crippen LogP contribution < -0.4 is 10.6 Å². The summed E-state index contributed by atoms with van der Waals surface area (Å²) in [5, 5.41) is 5.65. The number of carbonyl (C=O) groups is 2. The summed E-state index contributed by atoms with van der Waals surface area (Å²) in [6, 6.07) is 23.8. The molecule has 4 rings (SSSR count). The van der Waals surface area contributed by atoms with Crippen LogP contribution in [0.25, 0.3) is 0 Å². The van der Waals surface area contributed by atoms with Gasteiger partial charge in [-0.05, 0) is 79.9 Å². The molecule has 0 bridgehead atoms. The number of benzene rings is 3. The first-order valence-electron chi connectivity index (χ1n) is 10.8. The molecule has 0 radical (unpaired) electrons. The first kappa shape index (κ1) is 22.1. The highest BCUT2D eigenvalue weighted by Gasteiger charge is 2.15. The van der Waals surface area contributed by atoms with Gasteiger partial charge in [0.1, 0.15) is 5.76 Å². The average Bonchev–Trinajstić information content (AvgIpc) is 3.26. The number of nitrogens with one attached hydrogen (secondary N) is 2. The maximum Gasteiger partial charge on any atom is 0.291 e. The molecular weight excluding hydrogens is 412 g/mol. The third-order valence-electron chi connectivity index (χ3n) is 5.49. The summed E-state index contributed by atoms with van der Waals surface area (Å²) < 4.78 is 5.83. The number of furan rings is 1. The fourth-order valence-corrected chi connectivity index (χ4v) is 3.91. The minimum atomic E-state index is -0.362. The van der Waals surface area contributed by atoms with E-state index in [1.54, 1.807) is 30.3 Å². The Morgan fingerprint density at radius 2 is 1.39 bits per heavy atom. The highest BCUT2D eigenvalue weighted by Crippen LogP contribution is 2.22. The van der Waals surface area contributed by atoms with Crippen LogP contribution in [0.3, 0.4) is 0 Å². The Morgan fingerprint density at radius 3 is 2.12 bits per heavy atom. The first-order valence-corrected chi connectivity index (χ1v) is 10.8. The molecule has 2 amide bonds. The Morgan fingerprint density at radius 1 is 0.727 bits per heavy atom. The first-order chi connectivity index (χ1) is 15.9. The van der Waals surface area contributed by atoms with Gasteiger partial charge in [-0.1, -0.05) is 42.0 Å². The van der Waals surface area contributed by atoms with E-state index in [1.165, 1.54) is 22.3 Å². The molecule has 0 aliphatic carbocycles. The van der Waals surface area contributed by atoms with E-state index in [-0.39, 0.29) is 17.6 Å². The van der Waals surface area contributed by atoms with Crippen LogP contribution in [-0.4, -0.2) is 11.8 Å². The molecular formula is C28H26N2O3. The third kappa shape index (κ3) is 5.39. The van der Waals surface area contributed by atoms with E-state index in [9.17, 15) is 9.59 Å². The molecule has 5 heteroatoms. The number of carbonyl (C=O) groups excluding carboxylic acids is 2. The fraction of sp³-hybridized carbons (Fsp3) is 0.143. The van der Waals surface area contributed by atoms with Gasteiger partial charge in [0, 0.05) is 23.4 Å². The van der Waals surface area contributed by atoms with Crippen molar-refractivity contribution in [3.05, 3.63) is 118 Å². The maximum absolute atomic E-state index is 12.7. The normalized spacial score (nSPS) is 10.6. The van der Waals surface area contributed by atoms with Crippen molar-refractivity contribution in [2.24, 2.45) is 0 Å². The van der Waals surface area contributed by atoms with E-state index < -0.39 is 0 Å². The second kappa shape index (κ2) is 9.57. The Hall–Kier alpha value is -4.12. The fourth-order valence-electron chi connectivity index (χ4n) is 3.91. The van der Waals surface area contributed by atoms with Crippen molar-refractivity contribution < 1.29 is 14.0 Å². The molecule has 0 unspecified atom stereocenters. The zero-order valence-electron chi connectivity index (χ0n) is 18.9.